The summed E-state index contributed by atoms with van der Waals surface area (Å²) in [4.78, 5) is 1.79. The van der Waals surface area contributed by atoms with Crippen molar-refractivity contribution in [3.05, 3.63) is 71.6 Å². The van der Waals surface area contributed by atoms with Crippen LogP contribution >= 0.6 is 0 Å². The maximum atomic E-state index is 12.5. The Balaban J connectivity index is 0.000000416. The van der Waals surface area contributed by atoms with Crippen LogP contribution in [0.25, 0.3) is 0 Å². The molecule has 0 amide bonds. The second kappa shape index (κ2) is 9.48. The Morgan fingerprint density at radius 3 is 1.79 bits per heavy atom. The fourth-order valence-electron chi connectivity index (χ4n) is 1.79. The summed E-state index contributed by atoms with van der Waals surface area (Å²) < 4.78 is 96.3. The Morgan fingerprint density at radius 1 is 0.893 bits per heavy atom. The lowest BCUT2D eigenvalue weighted by atomic mass is 10.2. The van der Waals surface area contributed by atoms with E-state index in [1.807, 2.05) is 61.5 Å². The van der Waals surface area contributed by atoms with Crippen molar-refractivity contribution in [1.29, 1.82) is 0 Å². The van der Waals surface area contributed by atoms with Gasteiger partial charge < -0.3 is 4.55 Å². The van der Waals surface area contributed by atoms with Gasteiger partial charge in [0.15, 0.2) is 19.9 Å². The lowest BCUT2D eigenvalue weighted by molar-refractivity contribution is -0.0796. The molecule has 0 radical (unpaired) electrons. The minimum Gasteiger partial charge on any atom is -0.741 e. The van der Waals surface area contributed by atoms with Gasteiger partial charge in [-0.15, -0.1) is 0 Å². The molecule has 0 aliphatic rings. The van der Waals surface area contributed by atoms with Gasteiger partial charge in [0, 0.05) is 5.56 Å². The molecule has 3 nitrogen and oxygen atoms in total. The predicted molar refractivity (Wildman–Crippen MR) is 92.5 cm³/mol. The average molecular weight is 444 g/mol. The number of aryl methyl sites for hydroxylation is 1. The molecular formula is C17H14F6O3S2. The topological polar surface area (TPSA) is 57.2 Å². The highest BCUT2D eigenvalue weighted by molar-refractivity contribution is 7.99. The molecule has 0 fully saturated rings. The van der Waals surface area contributed by atoms with Crippen LogP contribution in [0.3, 0.4) is 0 Å². The number of allylic oxidation sites excluding steroid dienone is 1. The van der Waals surface area contributed by atoms with Gasteiger partial charge in [-0.2, -0.15) is 26.3 Å². The van der Waals surface area contributed by atoms with Crippen LogP contribution in [0.4, 0.5) is 26.3 Å². The zero-order chi connectivity index (χ0) is 21.6. The maximum Gasteiger partial charge on any atom is 0.485 e. The van der Waals surface area contributed by atoms with E-state index in [4.69, 9.17) is 13.0 Å². The van der Waals surface area contributed by atoms with Crippen molar-refractivity contribution in [3.63, 3.8) is 0 Å². The molecule has 0 saturated carbocycles. The average Bonchev–Trinajstić information content (AvgIpc) is 2.55. The summed E-state index contributed by atoms with van der Waals surface area (Å²) in [7, 11) is -6.80. The smallest absolute Gasteiger partial charge is 0.485 e. The maximum absolute atomic E-state index is 12.5. The third-order valence-corrected chi connectivity index (χ3v) is 5.69. The van der Waals surface area contributed by atoms with Gasteiger partial charge in [0.05, 0.1) is 17.0 Å². The molecule has 28 heavy (non-hydrogen) atoms. The highest BCUT2D eigenvalue weighted by Gasteiger charge is 2.37. The first-order valence-electron chi connectivity index (χ1n) is 7.34. The zero-order valence-electron chi connectivity index (χ0n) is 14.2. The molecular weight excluding hydrogens is 430 g/mol. The van der Waals surface area contributed by atoms with E-state index in [0.717, 1.165) is 15.4 Å². The van der Waals surface area contributed by atoms with E-state index in [1.165, 1.54) is 5.41 Å². The van der Waals surface area contributed by atoms with Crippen LogP contribution in [0.1, 0.15) is 5.56 Å². The van der Waals surface area contributed by atoms with Crippen molar-refractivity contribution in [3.8, 4) is 0 Å². The SMILES string of the molecule is Cc1ccccc1[S+](/C=C/C(F)(F)F)c1ccccc1.O=S(=O)([O-])C(F)(F)F. The van der Waals surface area contributed by atoms with Gasteiger partial charge >= 0.3 is 11.7 Å². The zero-order valence-corrected chi connectivity index (χ0v) is 15.8. The highest BCUT2D eigenvalue weighted by Crippen LogP contribution is 2.29. The number of hydrogen-bond donors (Lipinski definition) is 0. The molecule has 11 heteroatoms. The van der Waals surface area contributed by atoms with Crippen LogP contribution in [0.5, 0.6) is 0 Å². The Morgan fingerprint density at radius 2 is 1.36 bits per heavy atom. The van der Waals surface area contributed by atoms with E-state index < -0.39 is 32.7 Å². The Hall–Kier alpha value is -1.98. The second-order valence-corrected chi connectivity index (χ2v) is 8.39. The number of alkyl halides is 6. The summed E-state index contributed by atoms with van der Waals surface area (Å²) in [6, 6.07) is 16.8. The molecule has 2 aromatic rings. The van der Waals surface area contributed by atoms with Crippen molar-refractivity contribution >= 4 is 21.0 Å². The molecule has 154 valence electrons. The quantitative estimate of drug-likeness (QED) is 0.285. The third-order valence-electron chi connectivity index (χ3n) is 3.00. The van der Waals surface area contributed by atoms with Crippen molar-refractivity contribution in [1.82, 2.24) is 0 Å². The van der Waals surface area contributed by atoms with Gasteiger partial charge in [-0.3, -0.25) is 0 Å². The Kier molecular flexibility index (Phi) is 8.15. The molecule has 1 atom stereocenters. The molecule has 0 N–H and O–H groups in total. The molecule has 0 bridgehead atoms. The Labute approximate surface area is 160 Å². The van der Waals surface area contributed by atoms with Gasteiger partial charge in [0.2, 0.25) is 0 Å². The van der Waals surface area contributed by atoms with E-state index in [-0.39, 0.29) is 0 Å². The van der Waals surface area contributed by atoms with Gasteiger partial charge in [-0.05, 0) is 25.1 Å². The lowest BCUT2D eigenvalue weighted by Crippen LogP contribution is -2.21. The minimum absolute atomic E-state index is 0.329. The normalized spacial score (nSPS) is 13.7. The largest absolute Gasteiger partial charge is 0.741 e. The molecule has 0 aromatic heterocycles. The standard InChI is InChI=1S/C16H14F3S.CHF3O3S/c1-13-7-5-6-10-15(13)20(12-11-16(17,18)19)14-8-3-2-4-9-14;2-1(3,4)8(5,6)7/h2-12H,1H3;(H,5,6,7)/q+1;/p-1/b12-11+;. The van der Waals surface area contributed by atoms with Crippen LogP contribution in [0, 0.1) is 6.92 Å². The molecule has 0 heterocycles. The number of rotatable bonds is 3. The fourth-order valence-corrected chi connectivity index (χ4v) is 3.73. The van der Waals surface area contributed by atoms with Gasteiger partial charge in [0.25, 0.3) is 0 Å². The van der Waals surface area contributed by atoms with E-state index >= 15 is 0 Å². The monoisotopic (exact) mass is 444 g/mol. The summed E-state index contributed by atoms with van der Waals surface area (Å²) in [5.74, 6) is 0. The first-order valence-corrected chi connectivity index (χ1v) is 10.0. The van der Waals surface area contributed by atoms with Crippen LogP contribution < -0.4 is 0 Å². The molecule has 2 aromatic carbocycles. The number of benzene rings is 2. The summed E-state index contributed by atoms with van der Waals surface area (Å²) in [6.07, 6.45) is -3.96. The lowest BCUT2D eigenvalue weighted by Gasteiger charge is -2.08. The highest BCUT2D eigenvalue weighted by atomic mass is 32.2. The summed E-state index contributed by atoms with van der Waals surface area (Å²) >= 11 is 0. The summed E-state index contributed by atoms with van der Waals surface area (Å²) in [5, 5.41) is 1.25. The third kappa shape index (κ3) is 7.95. The predicted octanol–water partition coefficient (Wildman–Crippen LogP) is 5.16. The number of hydrogen-bond acceptors (Lipinski definition) is 3. The molecule has 0 spiro atoms. The van der Waals surface area contributed by atoms with Crippen LogP contribution in [-0.2, 0) is 21.0 Å². The molecule has 0 saturated heterocycles. The summed E-state index contributed by atoms with van der Waals surface area (Å²) in [5.41, 5.74) is -4.65. The second-order valence-electron chi connectivity index (χ2n) is 5.16. The van der Waals surface area contributed by atoms with Crippen LogP contribution in [-0.4, -0.2) is 24.7 Å². The van der Waals surface area contributed by atoms with Gasteiger partial charge in [-0.25, -0.2) is 8.42 Å². The van der Waals surface area contributed by atoms with Crippen molar-refractivity contribution in [2.24, 2.45) is 0 Å². The van der Waals surface area contributed by atoms with E-state index in [9.17, 15) is 26.3 Å². The van der Waals surface area contributed by atoms with Crippen molar-refractivity contribution in [2.45, 2.75) is 28.4 Å². The first-order chi connectivity index (χ1) is 12.7. The Bertz CT molecular complexity index is 891. The van der Waals surface area contributed by atoms with E-state index in [1.54, 1.807) is 0 Å². The van der Waals surface area contributed by atoms with E-state index in [0.29, 0.717) is 6.08 Å². The van der Waals surface area contributed by atoms with E-state index in [2.05, 4.69) is 0 Å². The van der Waals surface area contributed by atoms with Crippen LogP contribution in [0.15, 0.2) is 75.9 Å². The van der Waals surface area contributed by atoms with Crippen molar-refractivity contribution in [2.75, 3.05) is 0 Å². The molecule has 2 rings (SSSR count). The molecule has 1 unspecified atom stereocenters. The number of halogens is 6. The molecule has 0 aliphatic heterocycles. The molecule has 0 aliphatic carbocycles. The van der Waals surface area contributed by atoms with Gasteiger partial charge in [-0.1, -0.05) is 36.4 Å². The van der Waals surface area contributed by atoms with Crippen molar-refractivity contribution < 1.29 is 39.3 Å². The fraction of sp³-hybridized carbons (Fsp3) is 0.176. The summed E-state index contributed by atoms with van der Waals surface area (Å²) in [6.45, 7) is 1.92. The first kappa shape index (κ1) is 24.1. The minimum atomic E-state index is -6.09. The van der Waals surface area contributed by atoms with Crippen LogP contribution in [0.2, 0.25) is 0 Å². The van der Waals surface area contributed by atoms with Gasteiger partial charge in [0.1, 0.15) is 5.41 Å².